The van der Waals surface area contributed by atoms with Crippen molar-refractivity contribution < 1.29 is 13.2 Å². The van der Waals surface area contributed by atoms with Crippen LogP contribution in [-0.2, 0) is 9.84 Å². The van der Waals surface area contributed by atoms with Gasteiger partial charge in [0.1, 0.15) is 0 Å². The van der Waals surface area contributed by atoms with E-state index in [-0.39, 0.29) is 17.4 Å². The number of benzene rings is 1. The Labute approximate surface area is 129 Å². The van der Waals surface area contributed by atoms with E-state index in [4.69, 9.17) is 0 Å². The summed E-state index contributed by atoms with van der Waals surface area (Å²) in [5, 5.41) is 2.86. The van der Waals surface area contributed by atoms with Crippen LogP contribution in [-0.4, -0.2) is 35.9 Å². The monoisotopic (exact) mass is 318 g/mol. The summed E-state index contributed by atoms with van der Waals surface area (Å²) in [6.07, 6.45) is 4.32. The molecule has 0 saturated carbocycles. The van der Waals surface area contributed by atoms with E-state index in [0.29, 0.717) is 12.0 Å². The highest BCUT2D eigenvalue weighted by Crippen LogP contribution is 2.23. The van der Waals surface area contributed by atoms with E-state index >= 15 is 0 Å². The smallest absolute Gasteiger partial charge is 0.251 e. The Morgan fingerprint density at radius 2 is 1.82 bits per heavy atom. The predicted molar refractivity (Wildman–Crippen MR) is 84.9 cm³/mol. The van der Waals surface area contributed by atoms with Gasteiger partial charge in [-0.05, 0) is 49.7 Å². The van der Waals surface area contributed by atoms with Crippen LogP contribution in [0.25, 0.3) is 5.69 Å². The third-order valence-electron chi connectivity index (χ3n) is 3.95. The van der Waals surface area contributed by atoms with Gasteiger partial charge in [0.05, 0.1) is 17.0 Å². The number of nitrogens with one attached hydrogen (secondary N) is 1. The maximum Gasteiger partial charge on any atom is 0.251 e. The third kappa shape index (κ3) is 3.06. The van der Waals surface area contributed by atoms with Crippen LogP contribution >= 0.6 is 0 Å². The van der Waals surface area contributed by atoms with Crippen LogP contribution in [0.5, 0.6) is 0 Å². The van der Waals surface area contributed by atoms with Gasteiger partial charge in [-0.1, -0.05) is 0 Å². The van der Waals surface area contributed by atoms with Crippen molar-refractivity contribution in [3.63, 3.8) is 0 Å². The number of nitrogens with zero attached hydrogens (tertiary/aromatic N) is 1. The average molecular weight is 318 g/mol. The first-order valence-corrected chi connectivity index (χ1v) is 8.95. The molecule has 1 aromatic heterocycles. The van der Waals surface area contributed by atoms with Gasteiger partial charge in [-0.15, -0.1) is 0 Å². The van der Waals surface area contributed by atoms with Gasteiger partial charge in [-0.3, -0.25) is 4.79 Å². The molecule has 5 nitrogen and oxygen atoms in total. The second kappa shape index (κ2) is 5.28. The van der Waals surface area contributed by atoms with Gasteiger partial charge in [-0.25, -0.2) is 8.42 Å². The Kier molecular flexibility index (Phi) is 3.56. The predicted octanol–water partition coefficient (Wildman–Crippen LogP) is 1.78. The zero-order chi connectivity index (χ0) is 15.8. The molecule has 1 unspecified atom stereocenters. The molecule has 0 radical (unpaired) electrons. The molecule has 1 N–H and O–H groups in total. The van der Waals surface area contributed by atoms with Crippen LogP contribution in [0.4, 0.5) is 0 Å². The lowest BCUT2D eigenvalue weighted by molar-refractivity contribution is 0.0915. The van der Waals surface area contributed by atoms with Gasteiger partial charge >= 0.3 is 0 Å². The third-order valence-corrected chi connectivity index (χ3v) is 5.85. The normalized spacial score (nSPS) is 23.3. The number of sulfone groups is 1. The molecule has 1 saturated heterocycles. The van der Waals surface area contributed by atoms with Crippen molar-refractivity contribution in [3.8, 4) is 5.69 Å². The molecule has 0 spiro atoms. The van der Waals surface area contributed by atoms with E-state index in [0.717, 1.165) is 5.69 Å². The Hall–Kier alpha value is -2.08. The number of aromatic nitrogens is 1. The molecule has 1 aromatic carbocycles. The fraction of sp³-hybridized carbons (Fsp3) is 0.312. The first kappa shape index (κ1) is 14.8. The molecule has 1 amide bonds. The standard InChI is InChI=1S/C16H18N2O3S/c1-16(8-11-22(20,21)12-16)17-15(19)13-4-6-14(7-5-13)18-9-2-3-10-18/h2-7,9-10H,8,11-12H2,1H3,(H,17,19). The van der Waals surface area contributed by atoms with Gasteiger partial charge < -0.3 is 9.88 Å². The second-order valence-corrected chi connectivity index (χ2v) is 8.18. The highest BCUT2D eigenvalue weighted by atomic mass is 32.2. The highest BCUT2D eigenvalue weighted by molar-refractivity contribution is 7.91. The van der Waals surface area contributed by atoms with Crippen LogP contribution in [0.15, 0.2) is 48.8 Å². The zero-order valence-electron chi connectivity index (χ0n) is 12.3. The number of carbonyl (C=O) groups excluding carboxylic acids is 1. The Balaban J connectivity index is 1.73. The second-order valence-electron chi connectivity index (χ2n) is 5.99. The van der Waals surface area contributed by atoms with Crippen molar-refractivity contribution >= 4 is 15.7 Å². The molecule has 22 heavy (non-hydrogen) atoms. The molecule has 2 heterocycles. The van der Waals surface area contributed by atoms with E-state index < -0.39 is 15.4 Å². The molecule has 1 fully saturated rings. The van der Waals surface area contributed by atoms with Gasteiger partial charge in [0.25, 0.3) is 5.91 Å². The summed E-state index contributed by atoms with van der Waals surface area (Å²) in [4.78, 5) is 12.3. The van der Waals surface area contributed by atoms with E-state index in [1.165, 1.54) is 0 Å². The fourth-order valence-electron chi connectivity index (χ4n) is 2.75. The summed E-state index contributed by atoms with van der Waals surface area (Å²) in [5.74, 6) is -0.0950. The maximum atomic E-state index is 12.3. The summed E-state index contributed by atoms with van der Waals surface area (Å²) in [6, 6.07) is 11.1. The lowest BCUT2D eigenvalue weighted by Crippen LogP contribution is -2.46. The van der Waals surface area contributed by atoms with Gasteiger partial charge in [0, 0.05) is 23.6 Å². The summed E-state index contributed by atoms with van der Waals surface area (Å²) in [7, 11) is -3.04. The number of carbonyl (C=O) groups is 1. The van der Waals surface area contributed by atoms with Crippen molar-refractivity contribution in [2.45, 2.75) is 18.9 Å². The van der Waals surface area contributed by atoms with Gasteiger partial charge in [0.2, 0.25) is 0 Å². The SMILES string of the molecule is CC1(NC(=O)c2ccc(-n3cccc3)cc2)CCS(=O)(=O)C1. The van der Waals surface area contributed by atoms with Crippen molar-refractivity contribution in [1.29, 1.82) is 0 Å². The van der Waals surface area contributed by atoms with Crippen LogP contribution < -0.4 is 5.32 Å². The molecule has 1 atom stereocenters. The summed E-state index contributed by atoms with van der Waals surface area (Å²) < 4.78 is 25.1. The molecule has 116 valence electrons. The van der Waals surface area contributed by atoms with E-state index in [2.05, 4.69) is 5.32 Å². The van der Waals surface area contributed by atoms with Crippen molar-refractivity contribution in [3.05, 3.63) is 54.4 Å². The average Bonchev–Trinajstić information content (AvgIpc) is 3.07. The Morgan fingerprint density at radius 1 is 1.18 bits per heavy atom. The minimum Gasteiger partial charge on any atom is -0.346 e. The van der Waals surface area contributed by atoms with Crippen LogP contribution in [0, 0.1) is 0 Å². The van der Waals surface area contributed by atoms with Crippen molar-refractivity contribution in [1.82, 2.24) is 9.88 Å². The fourth-order valence-corrected chi connectivity index (χ4v) is 4.84. The maximum absolute atomic E-state index is 12.3. The molecule has 1 aliphatic heterocycles. The molecular formula is C16H18N2O3S. The van der Waals surface area contributed by atoms with Crippen molar-refractivity contribution in [2.24, 2.45) is 0 Å². The summed E-state index contributed by atoms with van der Waals surface area (Å²) in [6.45, 7) is 1.78. The van der Waals surface area contributed by atoms with Crippen LogP contribution in [0.1, 0.15) is 23.7 Å². The van der Waals surface area contributed by atoms with E-state index in [1.807, 2.05) is 41.2 Å². The minimum atomic E-state index is -3.04. The molecule has 6 heteroatoms. The lowest BCUT2D eigenvalue weighted by atomic mass is 10.0. The van der Waals surface area contributed by atoms with Crippen LogP contribution in [0.2, 0.25) is 0 Å². The highest BCUT2D eigenvalue weighted by Gasteiger charge is 2.39. The minimum absolute atomic E-state index is 0.00713. The number of hydrogen-bond donors (Lipinski definition) is 1. The summed E-state index contributed by atoms with van der Waals surface area (Å²) >= 11 is 0. The molecule has 0 aliphatic carbocycles. The first-order chi connectivity index (χ1) is 10.4. The van der Waals surface area contributed by atoms with Gasteiger partial charge in [-0.2, -0.15) is 0 Å². The molecule has 0 bridgehead atoms. The molecule has 1 aliphatic rings. The number of amides is 1. The lowest BCUT2D eigenvalue weighted by Gasteiger charge is -2.23. The quantitative estimate of drug-likeness (QED) is 0.938. The topological polar surface area (TPSA) is 68.2 Å². The summed E-state index contributed by atoms with van der Waals surface area (Å²) in [5.41, 5.74) is 0.826. The van der Waals surface area contributed by atoms with Crippen LogP contribution in [0.3, 0.4) is 0 Å². The van der Waals surface area contributed by atoms with Gasteiger partial charge in [0.15, 0.2) is 9.84 Å². The first-order valence-electron chi connectivity index (χ1n) is 7.13. The zero-order valence-corrected chi connectivity index (χ0v) is 13.1. The van der Waals surface area contributed by atoms with Crippen molar-refractivity contribution in [2.75, 3.05) is 11.5 Å². The number of hydrogen-bond acceptors (Lipinski definition) is 3. The number of rotatable bonds is 3. The molecule has 2 aromatic rings. The molecular weight excluding hydrogens is 300 g/mol. The van der Waals surface area contributed by atoms with E-state index in [1.54, 1.807) is 19.1 Å². The largest absolute Gasteiger partial charge is 0.346 e. The Bertz CT molecular complexity index is 779. The molecule has 3 rings (SSSR count). The van der Waals surface area contributed by atoms with E-state index in [9.17, 15) is 13.2 Å². The Morgan fingerprint density at radius 3 is 2.36 bits per heavy atom.